The number of hydrogen-bond donors (Lipinski definition) is 2. The molecule has 0 radical (unpaired) electrons. The number of nitrogens with zero attached hydrogens (tertiary/aromatic N) is 1. The molecule has 0 aliphatic heterocycles. The molecular weight excluding hydrogens is 288 g/mol. The molecule has 0 amide bonds. The molecule has 6 heteroatoms. The number of benzene rings is 1. The first kappa shape index (κ1) is 12.1. The number of halogens is 1. The normalized spacial score (nSPS) is 10.9. The number of aromatic amines is 1. The number of aromatic nitrogens is 2. The highest BCUT2D eigenvalue weighted by atomic mass is 79.9. The van der Waals surface area contributed by atoms with Gasteiger partial charge < -0.3 is 14.8 Å². The van der Waals surface area contributed by atoms with Crippen molar-refractivity contribution in [3.63, 3.8) is 0 Å². The van der Waals surface area contributed by atoms with Crippen LogP contribution in [-0.2, 0) is 16.1 Å². The van der Waals surface area contributed by atoms with Crippen molar-refractivity contribution in [3.05, 3.63) is 28.0 Å². The third-order valence-corrected chi connectivity index (χ3v) is 2.71. The number of rotatable bonds is 4. The highest BCUT2D eigenvalue weighted by molar-refractivity contribution is 9.10. The number of aryl methyl sites for hydroxylation is 1. The molecule has 17 heavy (non-hydrogen) atoms. The third-order valence-electron chi connectivity index (χ3n) is 2.26. The van der Waals surface area contributed by atoms with E-state index in [0.29, 0.717) is 5.82 Å². The molecule has 2 rings (SSSR count). The van der Waals surface area contributed by atoms with Crippen molar-refractivity contribution < 1.29 is 14.6 Å². The molecule has 0 spiro atoms. The number of hydrogen-bond acceptors (Lipinski definition) is 3. The van der Waals surface area contributed by atoms with Gasteiger partial charge in [-0.1, -0.05) is 15.9 Å². The van der Waals surface area contributed by atoms with E-state index < -0.39 is 5.97 Å². The van der Waals surface area contributed by atoms with Gasteiger partial charge in [0.2, 0.25) is 0 Å². The molecule has 90 valence electrons. The summed E-state index contributed by atoms with van der Waals surface area (Å²) in [7, 11) is 0. The van der Waals surface area contributed by atoms with Gasteiger partial charge in [-0.25, -0.2) is 9.78 Å². The Balaban J connectivity index is 2.20. The van der Waals surface area contributed by atoms with Crippen molar-refractivity contribution in [2.45, 2.75) is 13.5 Å². The lowest BCUT2D eigenvalue weighted by atomic mass is 10.2. The molecular formula is C11H11BrN2O3. The zero-order valence-electron chi connectivity index (χ0n) is 9.16. The molecule has 0 saturated carbocycles. The molecule has 0 unspecified atom stereocenters. The summed E-state index contributed by atoms with van der Waals surface area (Å²) in [4.78, 5) is 17.7. The van der Waals surface area contributed by atoms with Crippen LogP contribution in [0.2, 0.25) is 0 Å². The van der Waals surface area contributed by atoms with E-state index in [1.165, 1.54) is 0 Å². The van der Waals surface area contributed by atoms with Crippen LogP contribution >= 0.6 is 15.9 Å². The molecule has 0 aliphatic rings. The van der Waals surface area contributed by atoms with Gasteiger partial charge in [-0.05, 0) is 24.6 Å². The van der Waals surface area contributed by atoms with Crippen LogP contribution in [0.3, 0.4) is 0 Å². The highest BCUT2D eigenvalue weighted by Gasteiger charge is 2.07. The van der Waals surface area contributed by atoms with E-state index in [4.69, 9.17) is 9.84 Å². The van der Waals surface area contributed by atoms with Gasteiger partial charge in [-0.15, -0.1) is 0 Å². The second-order valence-corrected chi connectivity index (χ2v) is 4.60. The van der Waals surface area contributed by atoms with Crippen LogP contribution in [0, 0.1) is 6.92 Å². The average Bonchev–Trinajstić information content (AvgIpc) is 2.60. The SMILES string of the molecule is Cc1cc(Br)cc2[nH]c(COCC(=O)O)nc12. The number of carboxylic acid groups (broad SMARTS) is 1. The Morgan fingerprint density at radius 3 is 3.06 bits per heavy atom. The molecule has 1 aromatic carbocycles. The molecule has 1 aromatic heterocycles. The van der Waals surface area contributed by atoms with Gasteiger partial charge in [-0.3, -0.25) is 0 Å². The van der Waals surface area contributed by atoms with Crippen molar-refractivity contribution in [3.8, 4) is 0 Å². The summed E-state index contributed by atoms with van der Waals surface area (Å²) >= 11 is 3.41. The lowest BCUT2D eigenvalue weighted by Gasteiger charge is -1.96. The minimum Gasteiger partial charge on any atom is -0.480 e. The van der Waals surface area contributed by atoms with Gasteiger partial charge in [-0.2, -0.15) is 0 Å². The molecule has 0 aliphatic carbocycles. The van der Waals surface area contributed by atoms with E-state index in [1.54, 1.807) is 0 Å². The van der Waals surface area contributed by atoms with Gasteiger partial charge >= 0.3 is 5.97 Å². The Kier molecular flexibility index (Phi) is 3.44. The van der Waals surface area contributed by atoms with Crippen LogP contribution in [0.1, 0.15) is 11.4 Å². The van der Waals surface area contributed by atoms with Crippen molar-refractivity contribution in [1.82, 2.24) is 9.97 Å². The number of nitrogens with one attached hydrogen (secondary N) is 1. The van der Waals surface area contributed by atoms with Crippen molar-refractivity contribution in [1.29, 1.82) is 0 Å². The first-order valence-corrected chi connectivity index (χ1v) is 5.80. The van der Waals surface area contributed by atoms with Crippen LogP contribution in [0.4, 0.5) is 0 Å². The number of fused-ring (bicyclic) bond motifs is 1. The summed E-state index contributed by atoms with van der Waals surface area (Å²) in [5.74, 6) is -0.359. The molecule has 0 saturated heterocycles. The fourth-order valence-corrected chi connectivity index (χ4v) is 2.17. The van der Waals surface area contributed by atoms with E-state index in [2.05, 4.69) is 25.9 Å². The zero-order valence-corrected chi connectivity index (χ0v) is 10.7. The highest BCUT2D eigenvalue weighted by Crippen LogP contribution is 2.22. The average molecular weight is 299 g/mol. The molecule has 0 bridgehead atoms. The monoisotopic (exact) mass is 298 g/mol. The topological polar surface area (TPSA) is 75.2 Å². The van der Waals surface area contributed by atoms with Gasteiger partial charge in [0, 0.05) is 4.47 Å². The Bertz CT molecular complexity index is 565. The Morgan fingerprint density at radius 2 is 2.35 bits per heavy atom. The lowest BCUT2D eigenvalue weighted by molar-refractivity contribution is -0.142. The molecule has 2 aromatic rings. The number of aliphatic carboxylic acids is 1. The molecule has 0 fully saturated rings. The fourth-order valence-electron chi connectivity index (χ4n) is 1.60. The molecule has 2 N–H and O–H groups in total. The maximum absolute atomic E-state index is 10.3. The largest absolute Gasteiger partial charge is 0.480 e. The van der Waals surface area contributed by atoms with Gasteiger partial charge in [0.25, 0.3) is 0 Å². The summed E-state index contributed by atoms with van der Waals surface area (Å²) < 4.78 is 5.95. The van der Waals surface area contributed by atoms with Gasteiger partial charge in [0.15, 0.2) is 0 Å². The maximum Gasteiger partial charge on any atom is 0.329 e. The van der Waals surface area contributed by atoms with Gasteiger partial charge in [0.05, 0.1) is 11.0 Å². The van der Waals surface area contributed by atoms with Crippen molar-refractivity contribution >= 4 is 32.9 Å². The summed E-state index contributed by atoms with van der Waals surface area (Å²) in [6.45, 7) is 1.81. The van der Waals surface area contributed by atoms with Gasteiger partial charge in [0.1, 0.15) is 19.0 Å². The molecule has 1 heterocycles. The summed E-state index contributed by atoms with van der Waals surface area (Å²) in [6, 6.07) is 3.90. The van der Waals surface area contributed by atoms with Crippen LogP contribution < -0.4 is 0 Å². The number of carboxylic acids is 1. The van der Waals surface area contributed by atoms with Crippen LogP contribution in [0.5, 0.6) is 0 Å². The molecule has 5 nitrogen and oxygen atoms in total. The second kappa shape index (κ2) is 4.85. The minimum absolute atomic E-state index is 0.165. The van der Waals surface area contributed by atoms with Crippen molar-refractivity contribution in [2.24, 2.45) is 0 Å². The second-order valence-electron chi connectivity index (χ2n) is 3.69. The number of ether oxygens (including phenoxy) is 1. The van der Waals surface area contributed by atoms with E-state index in [9.17, 15) is 4.79 Å². The maximum atomic E-state index is 10.3. The predicted octanol–water partition coefficient (Wildman–Crippen LogP) is 2.24. The van der Waals surface area contributed by atoms with E-state index in [0.717, 1.165) is 21.1 Å². The van der Waals surface area contributed by atoms with E-state index >= 15 is 0 Å². The molecule has 0 atom stereocenters. The predicted molar refractivity (Wildman–Crippen MR) is 65.8 cm³/mol. The van der Waals surface area contributed by atoms with Crippen LogP contribution in [0.15, 0.2) is 16.6 Å². The first-order chi connectivity index (χ1) is 8.06. The number of imidazole rings is 1. The van der Waals surface area contributed by atoms with Crippen LogP contribution in [-0.4, -0.2) is 27.7 Å². The Morgan fingerprint density at radius 1 is 1.59 bits per heavy atom. The number of carbonyl (C=O) groups is 1. The fraction of sp³-hybridized carbons (Fsp3) is 0.273. The summed E-state index contributed by atoms with van der Waals surface area (Å²) in [5.41, 5.74) is 2.84. The zero-order chi connectivity index (χ0) is 12.4. The smallest absolute Gasteiger partial charge is 0.329 e. The standard InChI is InChI=1S/C11H11BrN2O3/c1-6-2-7(12)3-8-11(6)14-9(13-8)4-17-5-10(15)16/h2-3H,4-5H2,1H3,(H,13,14)(H,15,16). The van der Waals surface area contributed by atoms with Crippen molar-refractivity contribution in [2.75, 3.05) is 6.61 Å². The Hall–Kier alpha value is -1.40. The first-order valence-electron chi connectivity index (χ1n) is 5.00. The third kappa shape index (κ3) is 2.83. The van der Waals surface area contributed by atoms with E-state index in [1.807, 2.05) is 19.1 Å². The van der Waals surface area contributed by atoms with Crippen LogP contribution in [0.25, 0.3) is 11.0 Å². The number of H-pyrrole nitrogens is 1. The quantitative estimate of drug-likeness (QED) is 0.908. The summed E-state index contributed by atoms with van der Waals surface area (Å²) in [5, 5.41) is 8.45. The van der Waals surface area contributed by atoms with E-state index in [-0.39, 0.29) is 13.2 Å². The summed E-state index contributed by atoms with van der Waals surface area (Å²) in [6.07, 6.45) is 0. The minimum atomic E-state index is -0.986. The Labute approximate surface area is 106 Å². The lowest BCUT2D eigenvalue weighted by Crippen LogP contribution is -2.07.